The summed E-state index contributed by atoms with van der Waals surface area (Å²) in [6.45, 7) is 0. The van der Waals surface area contributed by atoms with E-state index in [-0.39, 0.29) is 5.91 Å². The summed E-state index contributed by atoms with van der Waals surface area (Å²) in [6, 6.07) is 8.39. The predicted octanol–water partition coefficient (Wildman–Crippen LogP) is 3.89. The molecule has 3 aromatic rings. The van der Waals surface area contributed by atoms with Gasteiger partial charge in [-0.15, -0.1) is 0 Å². The average molecular weight is 306 g/mol. The minimum absolute atomic E-state index is 0.259. The summed E-state index contributed by atoms with van der Waals surface area (Å²) in [5.41, 5.74) is 1.77. The largest absolute Gasteiger partial charge is 0.321 e. The Morgan fingerprint density at radius 3 is 2.90 bits per heavy atom. The summed E-state index contributed by atoms with van der Waals surface area (Å²) in [5.74, 6) is -0.259. The van der Waals surface area contributed by atoms with E-state index in [9.17, 15) is 4.79 Å². The molecule has 1 aromatic carbocycles. The van der Waals surface area contributed by atoms with Gasteiger partial charge in [-0.25, -0.2) is 4.98 Å². The fourth-order valence-electron chi connectivity index (χ4n) is 1.84. The lowest BCUT2D eigenvalue weighted by molar-refractivity contribution is 0.102. The molecular weight excluding hydrogens is 297 g/mol. The van der Waals surface area contributed by atoms with Gasteiger partial charge in [-0.3, -0.25) is 4.79 Å². The van der Waals surface area contributed by atoms with Gasteiger partial charge in [0.1, 0.15) is 5.65 Å². The Balaban J connectivity index is 1.90. The highest BCUT2D eigenvalue weighted by Gasteiger charge is 2.10. The maximum Gasteiger partial charge on any atom is 0.257 e. The molecule has 20 heavy (non-hydrogen) atoms. The molecule has 0 fully saturated rings. The van der Waals surface area contributed by atoms with Crippen molar-refractivity contribution in [2.24, 2.45) is 0 Å². The lowest BCUT2D eigenvalue weighted by atomic mass is 10.2. The maximum absolute atomic E-state index is 12.2. The first kappa shape index (κ1) is 13.0. The molecule has 1 N–H and O–H groups in total. The lowest BCUT2D eigenvalue weighted by Crippen LogP contribution is -2.12. The number of nitrogens with one attached hydrogen (secondary N) is 1. The number of aromatic nitrogens is 2. The average Bonchev–Trinajstić information content (AvgIpc) is 2.90. The van der Waals surface area contributed by atoms with Crippen LogP contribution in [0.25, 0.3) is 5.65 Å². The minimum Gasteiger partial charge on any atom is -0.321 e. The van der Waals surface area contributed by atoms with Gasteiger partial charge in [0.25, 0.3) is 5.91 Å². The molecule has 100 valence electrons. The first-order valence-corrected chi connectivity index (χ1v) is 6.58. The van der Waals surface area contributed by atoms with Gasteiger partial charge in [0.15, 0.2) is 0 Å². The highest BCUT2D eigenvalue weighted by molar-refractivity contribution is 6.35. The monoisotopic (exact) mass is 305 g/mol. The highest BCUT2D eigenvalue weighted by Crippen LogP contribution is 2.25. The molecular formula is C14H9Cl2N3O. The number of benzene rings is 1. The summed E-state index contributed by atoms with van der Waals surface area (Å²) in [4.78, 5) is 16.3. The molecule has 3 rings (SSSR count). The van der Waals surface area contributed by atoms with E-state index in [0.29, 0.717) is 21.3 Å². The summed E-state index contributed by atoms with van der Waals surface area (Å²) in [5, 5.41) is 3.68. The van der Waals surface area contributed by atoms with Gasteiger partial charge >= 0.3 is 0 Å². The number of fused-ring (bicyclic) bond motifs is 1. The Morgan fingerprint density at radius 2 is 2.05 bits per heavy atom. The Morgan fingerprint density at radius 1 is 1.20 bits per heavy atom. The third-order valence-corrected chi connectivity index (χ3v) is 3.39. The van der Waals surface area contributed by atoms with Gasteiger partial charge in [-0.05, 0) is 30.3 Å². The van der Waals surface area contributed by atoms with Gasteiger partial charge < -0.3 is 9.72 Å². The van der Waals surface area contributed by atoms with E-state index in [1.165, 1.54) is 0 Å². The van der Waals surface area contributed by atoms with Crippen molar-refractivity contribution in [3.63, 3.8) is 0 Å². The van der Waals surface area contributed by atoms with Crippen molar-refractivity contribution in [2.75, 3.05) is 5.32 Å². The van der Waals surface area contributed by atoms with E-state index in [1.807, 2.05) is 0 Å². The van der Waals surface area contributed by atoms with Gasteiger partial charge in [-0.1, -0.05) is 23.2 Å². The molecule has 1 amide bonds. The number of imidazole rings is 1. The van der Waals surface area contributed by atoms with Crippen molar-refractivity contribution in [3.8, 4) is 0 Å². The number of hydrogen-bond donors (Lipinski definition) is 1. The number of hydrogen-bond acceptors (Lipinski definition) is 2. The summed E-state index contributed by atoms with van der Waals surface area (Å²) in [6.07, 6.45) is 5.15. The van der Waals surface area contributed by atoms with Crippen LogP contribution in [0.4, 0.5) is 5.69 Å². The third-order valence-electron chi connectivity index (χ3n) is 2.83. The molecule has 0 bridgehead atoms. The second-order valence-corrected chi connectivity index (χ2v) is 5.03. The number of nitrogens with zero attached hydrogens (tertiary/aromatic N) is 2. The molecule has 0 atom stereocenters. The Kier molecular flexibility index (Phi) is 3.34. The van der Waals surface area contributed by atoms with Crippen molar-refractivity contribution in [3.05, 3.63) is 64.5 Å². The Bertz CT molecular complexity index is 798. The predicted molar refractivity (Wildman–Crippen MR) is 79.6 cm³/mol. The summed E-state index contributed by atoms with van der Waals surface area (Å²) >= 11 is 11.9. The number of halogens is 2. The number of anilines is 1. The molecule has 0 spiro atoms. The maximum atomic E-state index is 12.2. The molecule has 0 unspecified atom stereocenters. The number of amides is 1. The van der Waals surface area contributed by atoms with Crippen molar-refractivity contribution in [1.29, 1.82) is 0 Å². The van der Waals surface area contributed by atoms with Crippen LogP contribution in [0, 0.1) is 0 Å². The summed E-state index contributed by atoms with van der Waals surface area (Å²) in [7, 11) is 0. The van der Waals surface area contributed by atoms with E-state index in [2.05, 4.69) is 10.3 Å². The topological polar surface area (TPSA) is 46.4 Å². The second-order valence-electron chi connectivity index (χ2n) is 4.19. The fourth-order valence-corrected chi connectivity index (χ4v) is 2.18. The van der Waals surface area contributed by atoms with E-state index in [1.54, 1.807) is 53.3 Å². The molecule has 0 saturated carbocycles. The molecule has 2 heterocycles. The summed E-state index contributed by atoms with van der Waals surface area (Å²) < 4.78 is 1.77. The molecule has 2 aromatic heterocycles. The van der Waals surface area contributed by atoms with E-state index >= 15 is 0 Å². The Labute approximate surface area is 125 Å². The van der Waals surface area contributed by atoms with Crippen molar-refractivity contribution < 1.29 is 4.79 Å². The zero-order chi connectivity index (χ0) is 14.1. The van der Waals surface area contributed by atoms with Gasteiger partial charge in [0, 0.05) is 23.6 Å². The van der Waals surface area contributed by atoms with Crippen LogP contribution in [0.3, 0.4) is 0 Å². The molecule has 4 nitrogen and oxygen atoms in total. The smallest absolute Gasteiger partial charge is 0.257 e. The van der Waals surface area contributed by atoms with E-state index in [4.69, 9.17) is 23.2 Å². The zero-order valence-corrected chi connectivity index (χ0v) is 11.7. The second kappa shape index (κ2) is 5.15. The SMILES string of the molecule is O=C(Nc1cc(Cl)ccc1Cl)c1ccc2nccn2c1. The number of carbonyl (C=O) groups excluding carboxylic acids is 1. The molecule has 0 aliphatic heterocycles. The van der Waals surface area contributed by atoms with Crippen LogP contribution in [0.15, 0.2) is 48.9 Å². The third kappa shape index (κ3) is 2.48. The van der Waals surface area contributed by atoms with Gasteiger partial charge in [0.05, 0.1) is 16.3 Å². The van der Waals surface area contributed by atoms with Crippen LogP contribution in [0.2, 0.25) is 10.0 Å². The first-order chi connectivity index (χ1) is 9.63. The van der Waals surface area contributed by atoms with E-state index < -0.39 is 0 Å². The number of carbonyl (C=O) groups is 1. The van der Waals surface area contributed by atoms with Crippen LogP contribution < -0.4 is 5.32 Å². The first-order valence-electron chi connectivity index (χ1n) is 5.82. The molecule has 0 saturated heterocycles. The van der Waals surface area contributed by atoms with Crippen LogP contribution in [-0.4, -0.2) is 15.3 Å². The minimum atomic E-state index is -0.259. The zero-order valence-electron chi connectivity index (χ0n) is 10.2. The standard InChI is InChI=1S/C14H9Cl2N3O/c15-10-2-3-11(16)12(7-10)18-14(20)9-1-4-13-17-5-6-19(13)8-9/h1-8H,(H,18,20). The number of rotatable bonds is 2. The normalized spacial score (nSPS) is 10.7. The van der Waals surface area contributed by atoms with Crippen LogP contribution >= 0.6 is 23.2 Å². The fraction of sp³-hybridized carbons (Fsp3) is 0. The van der Waals surface area contributed by atoms with Crippen LogP contribution in [0.5, 0.6) is 0 Å². The van der Waals surface area contributed by atoms with Crippen molar-refractivity contribution >= 4 is 40.4 Å². The molecule has 0 radical (unpaired) electrons. The Hall–Kier alpha value is -2.04. The quantitative estimate of drug-likeness (QED) is 0.780. The molecule has 0 aliphatic carbocycles. The van der Waals surface area contributed by atoms with Crippen LogP contribution in [0.1, 0.15) is 10.4 Å². The van der Waals surface area contributed by atoms with Gasteiger partial charge in [0.2, 0.25) is 0 Å². The number of pyridine rings is 1. The molecule has 0 aliphatic rings. The lowest BCUT2D eigenvalue weighted by Gasteiger charge is -2.08. The van der Waals surface area contributed by atoms with Crippen LogP contribution in [-0.2, 0) is 0 Å². The highest BCUT2D eigenvalue weighted by atomic mass is 35.5. The van der Waals surface area contributed by atoms with E-state index in [0.717, 1.165) is 5.65 Å². The van der Waals surface area contributed by atoms with Crippen molar-refractivity contribution in [1.82, 2.24) is 9.38 Å². The molecule has 6 heteroatoms. The van der Waals surface area contributed by atoms with Crippen molar-refractivity contribution in [2.45, 2.75) is 0 Å². The van der Waals surface area contributed by atoms with Gasteiger partial charge in [-0.2, -0.15) is 0 Å².